The minimum absolute atomic E-state index is 0.972. The van der Waals surface area contributed by atoms with Gasteiger partial charge in [-0.25, -0.2) is 0 Å². The minimum atomic E-state index is 0.972. The second kappa shape index (κ2) is 10.2. The fourth-order valence-corrected chi connectivity index (χ4v) is 6.53. The van der Waals surface area contributed by atoms with Gasteiger partial charge >= 0.3 is 0 Å². The van der Waals surface area contributed by atoms with E-state index in [1.165, 1.54) is 55.3 Å². The van der Waals surface area contributed by atoms with Crippen molar-refractivity contribution in [2.45, 2.75) is 6.42 Å². The van der Waals surface area contributed by atoms with Gasteiger partial charge in [-0.05, 0) is 104 Å². The van der Waals surface area contributed by atoms with Gasteiger partial charge in [-0.15, -0.1) is 0 Å². The number of nitrogens with zero attached hydrogens (tertiary/aromatic N) is 1. The molecule has 0 fully saturated rings. The van der Waals surface area contributed by atoms with Crippen LogP contribution < -0.4 is 4.90 Å². The third-order valence-electron chi connectivity index (χ3n) is 8.49. The van der Waals surface area contributed by atoms with Crippen LogP contribution in [-0.2, 0) is 6.42 Å². The summed E-state index contributed by atoms with van der Waals surface area (Å²) in [6.07, 6.45) is 0.972. The summed E-state index contributed by atoms with van der Waals surface area (Å²) in [4.78, 5) is 2.30. The number of benzene rings is 7. The second-order valence-corrected chi connectivity index (χ2v) is 11.0. The summed E-state index contributed by atoms with van der Waals surface area (Å²) in [6, 6.07) is 59.2. The lowest BCUT2D eigenvalue weighted by atomic mass is 9.93. The molecule has 0 spiro atoms. The summed E-state index contributed by atoms with van der Waals surface area (Å²) >= 11 is 0. The van der Waals surface area contributed by atoms with Crippen LogP contribution in [0.5, 0.6) is 0 Å². The molecule has 0 atom stereocenters. The van der Waals surface area contributed by atoms with Gasteiger partial charge in [-0.1, -0.05) is 121 Å². The van der Waals surface area contributed by atoms with Crippen LogP contribution in [0, 0.1) is 0 Å². The quantitative estimate of drug-likeness (QED) is 0.212. The first-order valence-corrected chi connectivity index (χ1v) is 14.6. The molecule has 0 heterocycles. The molecule has 0 bridgehead atoms. The van der Waals surface area contributed by atoms with Gasteiger partial charge in [-0.3, -0.25) is 0 Å². The number of para-hydroxylation sites is 2. The van der Waals surface area contributed by atoms with Crippen LogP contribution in [0.15, 0.2) is 164 Å². The topological polar surface area (TPSA) is 3.24 Å². The summed E-state index contributed by atoms with van der Waals surface area (Å²) < 4.78 is 0. The summed E-state index contributed by atoms with van der Waals surface area (Å²) in [5, 5.41) is 2.65. The first kappa shape index (κ1) is 24.4. The Balaban J connectivity index is 1.16. The smallest absolute Gasteiger partial charge is 0.0462 e. The number of hydrogen-bond donors (Lipinski definition) is 0. The van der Waals surface area contributed by atoms with Crippen LogP contribution in [0.1, 0.15) is 11.1 Å². The molecule has 1 aliphatic rings. The van der Waals surface area contributed by atoms with E-state index in [0.29, 0.717) is 0 Å². The van der Waals surface area contributed by atoms with E-state index in [4.69, 9.17) is 0 Å². The lowest BCUT2D eigenvalue weighted by Gasteiger charge is -2.25. The highest BCUT2D eigenvalue weighted by molar-refractivity contribution is 6.02. The molecule has 198 valence electrons. The third-order valence-corrected chi connectivity index (χ3v) is 8.49. The molecule has 0 saturated heterocycles. The third kappa shape index (κ3) is 4.19. The minimum Gasteiger partial charge on any atom is -0.311 e. The van der Waals surface area contributed by atoms with Crippen LogP contribution in [0.4, 0.5) is 17.1 Å². The van der Waals surface area contributed by atoms with E-state index in [2.05, 4.69) is 169 Å². The predicted molar refractivity (Wildman–Crippen MR) is 178 cm³/mol. The van der Waals surface area contributed by atoms with E-state index < -0.39 is 0 Å². The van der Waals surface area contributed by atoms with Gasteiger partial charge < -0.3 is 4.90 Å². The molecule has 7 aromatic rings. The maximum absolute atomic E-state index is 2.35. The number of hydrogen-bond acceptors (Lipinski definition) is 1. The van der Waals surface area contributed by atoms with Crippen LogP contribution in [0.3, 0.4) is 0 Å². The lowest BCUT2D eigenvalue weighted by molar-refractivity contribution is 1.27. The Labute approximate surface area is 247 Å². The van der Waals surface area contributed by atoms with E-state index in [0.717, 1.165) is 23.5 Å². The number of anilines is 3. The monoisotopic (exact) mass is 535 g/mol. The molecular weight excluding hydrogens is 506 g/mol. The number of rotatable bonds is 5. The highest BCUT2D eigenvalue weighted by atomic mass is 15.1. The standard InChI is InChI=1S/C41H29N/c1-3-14-34(15-4-1)42(35-16-5-2-6-17-35)36-25-23-29(24-26-36)31-12-9-13-32(27-31)37-19-10-20-39-40(37)28-33-22-21-30-11-7-8-18-38(30)41(33)39/h1-27H,28H2. The molecule has 7 aromatic carbocycles. The largest absolute Gasteiger partial charge is 0.311 e. The van der Waals surface area contributed by atoms with Crippen molar-refractivity contribution in [3.05, 3.63) is 175 Å². The Hall–Kier alpha value is -5.40. The fourth-order valence-electron chi connectivity index (χ4n) is 6.53. The van der Waals surface area contributed by atoms with E-state index in [1.807, 2.05) is 0 Å². The van der Waals surface area contributed by atoms with E-state index in [-0.39, 0.29) is 0 Å². The Kier molecular flexibility index (Phi) is 5.93. The summed E-state index contributed by atoms with van der Waals surface area (Å²) in [6.45, 7) is 0. The molecule has 8 rings (SSSR count). The van der Waals surface area contributed by atoms with E-state index in [9.17, 15) is 0 Å². The van der Waals surface area contributed by atoms with Crippen molar-refractivity contribution in [3.63, 3.8) is 0 Å². The SMILES string of the molecule is c1ccc(N(c2ccccc2)c2ccc(-c3cccc(-c4cccc5c4Cc4ccc6ccccc6c4-5)c3)cc2)cc1. The van der Waals surface area contributed by atoms with Crippen molar-refractivity contribution in [3.8, 4) is 33.4 Å². The Morgan fingerprint density at radius 1 is 0.405 bits per heavy atom. The molecule has 1 heteroatoms. The molecule has 0 unspecified atom stereocenters. The molecule has 42 heavy (non-hydrogen) atoms. The van der Waals surface area contributed by atoms with Crippen molar-refractivity contribution in [1.29, 1.82) is 0 Å². The van der Waals surface area contributed by atoms with Gasteiger partial charge in [0.05, 0.1) is 0 Å². The first-order chi connectivity index (χ1) is 20.8. The zero-order valence-corrected chi connectivity index (χ0v) is 23.2. The van der Waals surface area contributed by atoms with Gasteiger partial charge in [-0.2, -0.15) is 0 Å². The Morgan fingerprint density at radius 2 is 1.02 bits per heavy atom. The number of fused-ring (bicyclic) bond motifs is 5. The zero-order chi connectivity index (χ0) is 27.9. The van der Waals surface area contributed by atoms with Gasteiger partial charge in [0.2, 0.25) is 0 Å². The highest BCUT2D eigenvalue weighted by Crippen LogP contribution is 2.45. The van der Waals surface area contributed by atoms with Crippen LogP contribution in [-0.4, -0.2) is 0 Å². The molecule has 0 saturated carbocycles. The summed E-state index contributed by atoms with van der Waals surface area (Å²) in [5.74, 6) is 0. The molecular formula is C41H29N. The van der Waals surface area contributed by atoms with Crippen molar-refractivity contribution in [2.75, 3.05) is 4.90 Å². The predicted octanol–water partition coefficient (Wildman–Crippen LogP) is 11.2. The van der Waals surface area contributed by atoms with E-state index in [1.54, 1.807) is 0 Å². The van der Waals surface area contributed by atoms with Gasteiger partial charge in [0.15, 0.2) is 0 Å². The maximum atomic E-state index is 2.35. The molecule has 0 aromatic heterocycles. The molecule has 1 aliphatic carbocycles. The van der Waals surface area contributed by atoms with Crippen molar-refractivity contribution < 1.29 is 0 Å². The molecule has 1 nitrogen and oxygen atoms in total. The molecule has 0 N–H and O–H groups in total. The molecule has 0 aliphatic heterocycles. The van der Waals surface area contributed by atoms with Crippen molar-refractivity contribution >= 4 is 27.8 Å². The summed E-state index contributed by atoms with van der Waals surface area (Å²) in [7, 11) is 0. The van der Waals surface area contributed by atoms with Gasteiger partial charge in [0.25, 0.3) is 0 Å². The lowest BCUT2D eigenvalue weighted by Crippen LogP contribution is -2.09. The fraction of sp³-hybridized carbons (Fsp3) is 0.0244. The zero-order valence-electron chi connectivity index (χ0n) is 23.2. The maximum Gasteiger partial charge on any atom is 0.0462 e. The van der Waals surface area contributed by atoms with E-state index >= 15 is 0 Å². The second-order valence-electron chi connectivity index (χ2n) is 11.0. The molecule has 0 amide bonds. The average molecular weight is 536 g/mol. The normalized spacial score (nSPS) is 11.7. The Morgan fingerprint density at radius 3 is 1.79 bits per heavy atom. The molecule has 0 radical (unpaired) electrons. The Bertz CT molecular complexity index is 2000. The van der Waals surface area contributed by atoms with Crippen LogP contribution >= 0.6 is 0 Å². The van der Waals surface area contributed by atoms with Gasteiger partial charge in [0.1, 0.15) is 0 Å². The summed E-state index contributed by atoms with van der Waals surface area (Å²) in [5.41, 5.74) is 14.1. The highest BCUT2D eigenvalue weighted by Gasteiger charge is 2.23. The van der Waals surface area contributed by atoms with Gasteiger partial charge in [0, 0.05) is 17.1 Å². The van der Waals surface area contributed by atoms with Crippen molar-refractivity contribution in [1.82, 2.24) is 0 Å². The van der Waals surface area contributed by atoms with Crippen LogP contribution in [0.25, 0.3) is 44.2 Å². The van der Waals surface area contributed by atoms with Crippen LogP contribution in [0.2, 0.25) is 0 Å². The van der Waals surface area contributed by atoms with Crippen molar-refractivity contribution in [2.24, 2.45) is 0 Å². The first-order valence-electron chi connectivity index (χ1n) is 14.6. The average Bonchev–Trinajstić information content (AvgIpc) is 3.46.